The van der Waals surface area contributed by atoms with E-state index in [-0.39, 0.29) is 17.9 Å². The Bertz CT molecular complexity index is 451. The number of carbonyl (C=O) groups is 2. The Morgan fingerprint density at radius 1 is 1.39 bits per heavy atom. The number of carbonyl (C=O) groups excluding carboxylic acids is 1. The van der Waals surface area contributed by atoms with E-state index in [2.05, 4.69) is 20.7 Å². The Morgan fingerprint density at radius 3 is 2.56 bits per heavy atom. The van der Waals surface area contributed by atoms with E-state index < -0.39 is 5.97 Å². The Hall–Kier alpha value is -2.19. The number of aromatic nitrogens is 4. The highest BCUT2D eigenvalue weighted by Crippen LogP contribution is 2.17. The van der Waals surface area contributed by atoms with Crippen LogP contribution in [0, 0.1) is 5.92 Å². The number of urea groups is 1. The van der Waals surface area contributed by atoms with Crippen LogP contribution in [0.15, 0.2) is 0 Å². The summed E-state index contributed by atoms with van der Waals surface area (Å²) in [7, 11) is 1.60. The van der Waals surface area contributed by atoms with Gasteiger partial charge in [-0.3, -0.25) is 10.1 Å². The fourth-order valence-corrected chi connectivity index (χ4v) is 1.84. The smallest absolute Gasteiger partial charge is 0.324 e. The van der Waals surface area contributed by atoms with Crippen LogP contribution in [-0.2, 0) is 11.8 Å². The minimum absolute atomic E-state index is 0.142. The SMILES string of the molecule is Cn1nnc(NC(=O)N2CCC(C(=O)O)CC2)n1. The van der Waals surface area contributed by atoms with Crippen LogP contribution in [0.1, 0.15) is 12.8 Å². The number of carboxylic acids is 1. The van der Waals surface area contributed by atoms with Crippen molar-refractivity contribution in [2.24, 2.45) is 13.0 Å². The molecule has 1 saturated heterocycles. The quantitative estimate of drug-likeness (QED) is 0.738. The third kappa shape index (κ3) is 2.73. The molecule has 2 N–H and O–H groups in total. The standard InChI is InChI=1S/C9H14N6O3/c1-14-12-8(11-13-14)10-9(18)15-4-2-6(3-5-15)7(16)17/h6H,2-5H2,1H3,(H,16,17)(H,10,12,18). The zero-order valence-electron chi connectivity index (χ0n) is 9.91. The molecule has 0 radical (unpaired) electrons. The van der Waals surface area contributed by atoms with Gasteiger partial charge in [0.1, 0.15) is 0 Å². The van der Waals surface area contributed by atoms with Crippen molar-refractivity contribution >= 4 is 17.9 Å². The molecular formula is C9H14N6O3. The number of nitrogens with one attached hydrogen (secondary N) is 1. The van der Waals surface area contributed by atoms with Crippen LogP contribution in [0.2, 0.25) is 0 Å². The van der Waals surface area contributed by atoms with Crippen molar-refractivity contribution in [1.82, 2.24) is 25.1 Å². The lowest BCUT2D eigenvalue weighted by molar-refractivity contribution is -0.143. The van der Waals surface area contributed by atoms with Crippen LogP contribution < -0.4 is 5.32 Å². The first kappa shape index (κ1) is 12.3. The number of aliphatic carboxylic acids is 1. The van der Waals surface area contributed by atoms with E-state index in [9.17, 15) is 9.59 Å². The first-order valence-electron chi connectivity index (χ1n) is 5.59. The topological polar surface area (TPSA) is 113 Å². The van der Waals surface area contributed by atoms with Gasteiger partial charge in [0.2, 0.25) is 0 Å². The maximum Gasteiger partial charge on any atom is 0.324 e. The molecule has 2 heterocycles. The van der Waals surface area contributed by atoms with Crippen molar-refractivity contribution in [2.75, 3.05) is 18.4 Å². The predicted octanol–water partition coefficient (Wildman–Crippen LogP) is -0.461. The summed E-state index contributed by atoms with van der Waals surface area (Å²) < 4.78 is 0. The van der Waals surface area contributed by atoms with Crippen molar-refractivity contribution in [3.05, 3.63) is 0 Å². The third-order valence-corrected chi connectivity index (χ3v) is 2.86. The number of aryl methyl sites for hydroxylation is 1. The van der Waals surface area contributed by atoms with Crippen LogP contribution in [0.5, 0.6) is 0 Å². The summed E-state index contributed by atoms with van der Waals surface area (Å²) in [5, 5.41) is 22.4. The van der Waals surface area contributed by atoms with Gasteiger partial charge in [0.05, 0.1) is 13.0 Å². The summed E-state index contributed by atoms with van der Waals surface area (Å²) in [6.45, 7) is 0.839. The molecule has 1 aromatic heterocycles. The van der Waals surface area contributed by atoms with Crippen molar-refractivity contribution in [1.29, 1.82) is 0 Å². The van der Waals surface area contributed by atoms with E-state index >= 15 is 0 Å². The van der Waals surface area contributed by atoms with Crippen LogP contribution >= 0.6 is 0 Å². The first-order valence-corrected chi connectivity index (χ1v) is 5.59. The molecular weight excluding hydrogens is 240 g/mol. The van der Waals surface area contributed by atoms with Crippen LogP contribution in [0.3, 0.4) is 0 Å². The number of rotatable bonds is 2. The highest BCUT2D eigenvalue weighted by molar-refractivity contribution is 5.87. The summed E-state index contributed by atoms with van der Waals surface area (Å²) in [5.41, 5.74) is 0. The molecule has 98 valence electrons. The molecule has 18 heavy (non-hydrogen) atoms. The Labute approximate surface area is 103 Å². The van der Waals surface area contributed by atoms with E-state index in [4.69, 9.17) is 5.11 Å². The molecule has 0 spiro atoms. The number of tetrazole rings is 1. The van der Waals surface area contributed by atoms with Gasteiger partial charge in [-0.1, -0.05) is 5.10 Å². The Morgan fingerprint density at radius 2 is 2.06 bits per heavy atom. The molecule has 0 bridgehead atoms. The average Bonchev–Trinajstić information content (AvgIpc) is 2.75. The van der Waals surface area contributed by atoms with Crippen molar-refractivity contribution < 1.29 is 14.7 Å². The van der Waals surface area contributed by atoms with Gasteiger partial charge in [-0.05, 0) is 18.1 Å². The lowest BCUT2D eigenvalue weighted by atomic mass is 9.97. The Balaban J connectivity index is 1.86. The van der Waals surface area contributed by atoms with Crippen LogP contribution in [0.25, 0.3) is 0 Å². The largest absolute Gasteiger partial charge is 0.481 e. The van der Waals surface area contributed by atoms with E-state index in [1.54, 1.807) is 11.9 Å². The van der Waals surface area contributed by atoms with Gasteiger partial charge >= 0.3 is 12.0 Å². The fourth-order valence-electron chi connectivity index (χ4n) is 1.84. The van der Waals surface area contributed by atoms with Gasteiger partial charge < -0.3 is 10.0 Å². The molecule has 0 saturated carbocycles. The van der Waals surface area contributed by atoms with E-state index in [1.807, 2.05) is 0 Å². The molecule has 1 aliphatic rings. The second-order valence-corrected chi connectivity index (χ2v) is 4.13. The number of nitrogens with zero attached hydrogens (tertiary/aromatic N) is 5. The fraction of sp³-hybridized carbons (Fsp3) is 0.667. The molecule has 1 fully saturated rings. The first-order chi connectivity index (χ1) is 8.56. The molecule has 9 nitrogen and oxygen atoms in total. The number of amides is 2. The lowest BCUT2D eigenvalue weighted by Gasteiger charge is -2.29. The van der Waals surface area contributed by atoms with Gasteiger partial charge in [0.25, 0.3) is 5.95 Å². The summed E-state index contributed by atoms with van der Waals surface area (Å²) in [6.07, 6.45) is 0.938. The summed E-state index contributed by atoms with van der Waals surface area (Å²) >= 11 is 0. The second-order valence-electron chi connectivity index (χ2n) is 4.13. The molecule has 1 aromatic rings. The molecule has 0 aromatic carbocycles. The van der Waals surface area contributed by atoms with Gasteiger partial charge in [-0.25, -0.2) is 4.79 Å². The monoisotopic (exact) mass is 254 g/mol. The number of hydrogen-bond acceptors (Lipinski definition) is 5. The zero-order chi connectivity index (χ0) is 13.1. The van der Waals surface area contributed by atoms with Crippen LogP contribution in [0.4, 0.5) is 10.7 Å². The molecule has 9 heteroatoms. The number of carboxylic acid groups (broad SMARTS) is 1. The molecule has 2 rings (SSSR count). The minimum atomic E-state index is -0.800. The zero-order valence-corrected chi connectivity index (χ0v) is 9.91. The van der Waals surface area contributed by atoms with Gasteiger partial charge in [0.15, 0.2) is 0 Å². The van der Waals surface area contributed by atoms with Crippen LogP contribution in [-0.4, -0.2) is 55.3 Å². The summed E-state index contributed by atoms with van der Waals surface area (Å²) in [6, 6.07) is -0.327. The third-order valence-electron chi connectivity index (χ3n) is 2.86. The van der Waals surface area contributed by atoms with E-state index in [0.29, 0.717) is 25.9 Å². The van der Waals surface area contributed by atoms with Crippen molar-refractivity contribution in [3.63, 3.8) is 0 Å². The number of likely N-dealkylation sites (tertiary alicyclic amines) is 1. The van der Waals surface area contributed by atoms with Crippen molar-refractivity contribution in [3.8, 4) is 0 Å². The molecule has 0 atom stereocenters. The number of hydrogen-bond donors (Lipinski definition) is 2. The maximum atomic E-state index is 11.8. The maximum absolute atomic E-state index is 11.8. The van der Waals surface area contributed by atoms with Gasteiger partial charge in [0, 0.05) is 13.1 Å². The van der Waals surface area contributed by atoms with E-state index in [0.717, 1.165) is 0 Å². The Kier molecular flexibility index (Phi) is 3.40. The van der Waals surface area contributed by atoms with Gasteiger partial charge in [-0.2, -0.15) is 4.80 Å². The summed E-state index contributed by atoms with van der Waals surface area (Å²) in [4.78, 5) is 25.4. The summed E-state index contributed by atoms with van der Waals surface area (Å²) in [5.74, 6) is -1.02. The predicted molar refractivity (Wildman–Crippen MR) is 59.7 cm³/mol. The van der Waals surface area contributed by atoms with Gasteiger partial charge in [-0.15, -0.1) is 5.10 Å². The number of anilines is 1. The molecule has 2 amide bonds. The normalized spacial score (nSPS) is 16.6. The number of piperidine rings is 1. The average molecular weight is 254 g/mol. The molecule has 0 unspecified atom stereocenters. The molecule has 0 aliphatic carbocycles. The minimum Gasteiger partial charge on any atom is -0.481 e. The van der Waals surface area contributed by atoms with E-state index in [1.165, 1.54) is 4.80 Å². The second kappa shape index (κ2) is 4.98. The van der Waals surface area contributed by atoms with Crippen molar-refractivity contribution in [2.45, 2.75) is 12.8 Å². The highest BCUT2D eigenvalue weighted by Gasteiger charge is 2.27. The highest BCUT2D eigenvalue weighted by atomic mass is 16.4. The lowest BCUT2D eigenvalue weighted by Crippen LogP contribution is -2.42. The molecule has 1 aliphatic heterocycles.